The van der Waals surface area contributed by atoms with Crippen LogP contribution in [-0.2, 0) is 0 Å². The third-order valence-electron chi connectivity index (χ3n) is 3.78. The predicted molar refractivity (Wildman–Crippen MR) is 70.8 cm³/mol. The lowest BCUT2D eigenvalue weighted by Gasteiger charge is -2.35. The first-order valence-corrected chi connectivity index (χ1v) is 6.40. The number of nitrogens with one attached hydrogen (secondary N) is 1. The normalized spacial score (nSPS) is 28.4. The summed E-state index contributed by atoms with van der Waals surface area (Å²) in [6.07, 6.45) is 4.20. The van der Waals surface area contributed by atoms with Gasteiger partial charge in [0.2, 0.25) is 0 Å². The van der Waals surface area contributed by atoms with E-state index in [4.69, 9.17) is 0 Å². The molecule has 90 valence electrons. The molecular weight excluding hydrogens is 208 g/mol. The average Bonchev–Trinajstić information content (AvgIpc) is 2.35. The van der Waals surface area contributed by atoms with Crippen LogP contribution in [0.15, 0.2) is 24.3 Å². The van der Waals surface area contributed by atoms with Crippen molar-refractivity contribution in [2.24, 2.45) is 5.92 Å². The summed E-state index contributed by atoms with van der Waals surface area (Å²) in [5.41, 5.74) is 1.97. The molecule has 1 aliphatic carbocycles. The summed E-state index contributed by atoms with van der Waals surface area (Å²) in [6, 6.07) is 10.8. The first kappa shape index (κ1) is 12.0. The van der Waals surface area contributed by atoms with Crippen LogP contribution in [0.2, 0.25) is 0 Å². The molecule has 0 unspecified atom stereocenters. The fourth-order valence-electron chi connectivity index (χ4n) is 2.43. The lowest BCUT2D eigenvalue weighted by molar-refractivity contribution is 0.314. The molecule has 17 heavy (non-hydrogen) atoms. The zero-order valence-electron chi connectivity index (χ0n) is 10.7. The van der Waals surface area contributed by atoms with Gasteiger partial charge in [0, 0.05) is 5.69 Å². The minimum absolute atomic E-state index is 0.345. The molecule has 0 atom stereocenters. The Kier molecular flexibility index (Phi) is 3.38. The Bertz CT molecular complexity index is 406. The van der Waals surface area contributed by atoms with Gasteiger partial charge in [-0.3, -0.25) is 0 Å². The molecule has 0 radical (unpaired) electrons. The van der Waals surface area contributed by atoms with Gasteiger partial charge in [-0.2, -0.15) is 5.26 Å². The second kappa shape index (κ2) is 4.79. The summed E-state index contributed by atoms with van der Waals surface area (Å²) in [5, 5.41) is 12.9. The van der Waals surface area contributed by atoms with Crippen molar-refractivity contribution in [3.8, 4) is 6.07 Å². The summed E-state index contributed by atoms with van der Waals surface area (Å²) in [6.45, 7) is 4.35. The van der Waals surface area contributed by atoms with Crippen LogP contribution in [0.25, 0.3) is 0 Å². The van der Waals surface area contributed by atoms with E-state index < -0.39 is 0 Å². The quantitative estimate of drug-likeness (QED) is 0.833. The van der Waals surface area contributed by atoms with Gasteiger partial charge in [-0.1, -0.05) is 24.6 Å². The third kappa shape index (κ3) is 2.79. The number of anilines is 1. The largest absolute Gasteiger partial charge is 0.367 e. The van der Waals surface area contributed by atoms with Gasteiger partial charge in [-0.05, 0) is 50.7 Å². The zero-order valence-corrected chi connectivity index (χ0v) is 10.7. The van der Waals surface area contributed by atoms with Crippen LogP contribution in [0.5, 0.6) is 0 Å². The van der Waals surface area contributed by atoms with E-state index in [-0.39, 0.29) is 5.54 Å². The number of hydrogen-bond donors (Lipinski definition) is 1. The average molecular weight is 228 g/mol. The highest BCUT2D eigenvalue weighted by molar-refractivity contribution is 5.48. The fraction of sp³-hybridized carbons (Fsp3) is 0.533. The molecule has 0 amide bonds. The predicted octanol–water partition coefficient (Wildman–Crippen LogP) is 3.88. The topological polar surface area (TPSA) is 35.8 Å². The number of rotatable bonds is 2. The van der Waals surface area contributed by atoms with E-state index in [1.807, 2.05) is 0 Å². The fourth-order valence-corrected chi connectivity index (χ4v) is 2.43. The number of nitrogens with zero attached hydrogens (tertiary/aromatic N) is 1. The van der Waals surface area contributed by atoms with Gasteiger partial charge in [0.05, 0.1) is 6.07 Å². The maximum Gasteiger partial charge on any atom is 0.125 e. The molecule has 0 heterocycles. The molecule has 1 aromatic carbocycles. The van der Waals surface area contributed by atoms with E-state index in [0.29, 0.717) is 0 Å². The highest BCUT2D eigenvalue weighted by Crippen LogP contribution is 2.34. The molecule has 0 saturated heterocycles. The molecule has 2 rings (SSSR count). The standard InChI is InChI=1S/C15H20N2/c1-12-3-5-14(6-4-12)17-15(11-16)9-7-13(2)8-10-15/h3-6,13,17H,7-10H2,1-2H3. The number of benzene rings is 1. The van der Waals surface area contributed by atoms with E-state index in [9.17, 15) is 5.26 Å². The molecule has 1 fully saturated rings. The zero-order chi connectivity index (χ0) is 12.3. The molecule has 1 saturated carbocycles. The minimum Gasteiger partial charge on any atom is -0.367 e. The van der Waals surface area contributed by atoms with Crippen LogP contribution in [0, 0.1) is 24.2 Å². The summed E-state index contributed by atoms with van der Waals surface area (Å²) in [7, 11) is 0. The Morgan fingerprint density at radius 2 is 1.82 bits per heavy atom. The van der Waals surface area contributed by atoms with Crippen molar-refractivity contribution >= 4 is 5.69 Å². The monoisotopic (exact) mass is 228 g/mol. The summed E-state index contributed by atoms with van der Waals surface area (Å²) in [5.74, 6) is 0.760. The van der Waals surface area contributed by atoms with E-state index in [1.54, 1.807) is 0 Å². The van der Waals surface area contributed by atoms with E-state index >= 15 is 0 Å². The van der Waals surface area contributed by atoms with Crippen molar-refractivity contribution in [3.05, 3.63) is 29.8 Å². The Balaban J connectivity index is 2.10. The SMILES string of the molecule is Cc1ccc(NC2(C#N)CCC(C)CC2)cc1. The highest BCUT2D eigenvalue weighted by atomic mass is 15.0. The maximum absolute atomic E-state index is 9.43. The van der Waals surface area contributed by atoms with Crippen LogP contribution in [-0.4, -0.2) is 5.54 Å². The minimum atomic E-state index is -0.345. The van der Waals surface area contributed by atoms with Gasteiger partial charge >= 0.3 is 0 Å². The van der Waals surface area contributed by atoms with E-state index in [0.717, 1.165) is 37.3 Å². The maximum atomic E-state index is 9.43. The third-order valence-corrected chi connectivity index (χ3v) is 3.78. The molecule has 0 aliphatic heterocycles. The van der Waals surface area contributed by atoms with Gasteiger partial charge in [0.1, 0.15) is 5.54 Å². The summed E-state index contributed by atoms with van der Waals surface area (Å²) < 4.78 is 0. The van der Waals surface area contributed by atoms with E-state index in [1.165, 1.54) is 5.56 Å². The van der Waals surface area contributed by atoms with Gasteiger partial charge in [0.25, 0.3) is 0 Å². The second-order valence-electron chi connectivity index (χ2n) is 5.37. The van der Waals surface area contributed by atoms with Crippen molar-refractivity contribution in [1.82, 2.24) is 0 Å². The van der Waals surface area contributed by atoms with Crippen LogP contribution in [0.3, 0.4) is 0 Å². The molecule has 0 aromatic heterocycles. The first-order chi connectivity index (χ1) is 8.13. The van der Waals surface area contributed by atoms with Gasteiger partial charge in [0.15, 0.2) is 0 Å². The molecule has 1 N–H and O–H groups in total. The number of hydrogen-bond acceptors (Lipinski definition) is 2. The van der Waals surface area contributed by atoms with Gasteiger partial charge < -0.3 is 5.32 Å². The molecule has 1 aliphatic rings. The number of aryl methyl sites for hydroxylation is 1. The number of nitriles is 1. The lowest BCUT2D eigenvalue weighted by atomic mass is 9.78. The molecule has 1 aromatic rings. The Hall–Kier alpha value is -1.49. The van der Waals surface area contributed by atoms with E-state index in [2.05, 4.69) is 49.5 Å². The molecule has 2 nitrogen and oxygen atoms in total. The van der Waals surface area contributed by atoms with Crippen molar-refractivity contribution in [2.45, 2.75) is 45.1 Å². The smallest absolute Gasteiger partial charge is 0.125 e. The molecule has 0 bridgehead atoms. The first-order valence-electron chi connectivity index (χ1n) is 6.40. The van der Waals surface area contributed by atoms with Crippen molar-refractivity contribution in [3.63, 3.8) is 0 Å². The second-order valence-corrected chi connectivity index (χ2v) is 5.37. The van der Waals surface area contributed by atoms with Gasteiger partial charge in [-0.25, -0.2) is 0 Å². The Morgan fingerprint density at radius 3 is 2.35 bits per heavy atom. The summed E-state index contributed by atoms with van der Waals surface area (Å²) >= 11 is 0. The van der Waals surface area contributed by atoms with Crippen LogP contribution in [0.4, 0.5) is 5.69 Å². The molecule has 2 heteroatoms. The highest BCUT2D eigenvalue weighted by Gasteiger charge is 2.34. The van der Waals surface area contributed by atoms with Crippen molar-refractivity contribution in [1.29, 1.82) is 5.26 Å². The van der Waals surface area contributed by atoms with Crippen molar-refractivity contribution < 1.29 is 0 Å². The summed E-state index contributed by atoms with van der Waals surface area (Å²) in [4.78, 5) is 0. The van der Waals surface area contributed by atoms with Crippen molar-refractivity contribution in [2.75, 3.05) is 5.32 Å². The Morgan fingerprint density at radius 1 is 1.24 bits per heavy atom. The van der Waals surface area contributed by atoms with Crippen LogP contribution < -0.4 is 5.32 Å². The van der Waals surface area contributed by atoms with Crippen LogP contribution in [0.1, 0.15) is 38.2 Å². The molecular formula is C15H20N2. The Labute approximate surface area is 104 Å². The van der Waals surface area contributed by atoms with Gasteiger partial charge in [-0.15, -0.1) is 0 Å². The van der Waals surface area contributed by atoms with Crippen LogP contribution >= 0.6 is 0 Å². The lowest BCUT2D eigenvalue weighted by Crippen LogP contribution is -2.40. The molecule has 0 spiro atoms.